The Morgan fingerprint density at radius 3 is 2.67 bits per heavy atom. The van der Waals surface area contributed by atoms with Crippen molar-refractivity contribution in [1.82, 2.24) is 10.2 Å². The fraction of sp³-hybridized carbons (Fsp3) is 0.0909. The van der Waals surface area contributed by atoms with Gasteiger partial charge in [-0.05, 0) is 19.1 Å². The molecular formula is C11H11N3O. The van der Waals surface area contributed by atoms with Gasteiger partial charge in [-0.25, -0.2) is 0 Å². The molecule has 1 heterocycles. The highest BCUT2D eigenvalue weighted by molar-refractivity contribution is 6.04. The van der Waals surface area contributed by atoms with Crippen LogP contribution < -0.4 is 5.32 Å². The Morgan fingerprint density at radius 2 is 2.07 bits per heavy atom. The number of H-pyrrole nitrogens is 1. The van der Waals surface area contributed by atoms with Gasteiger partial charge in [0.2, 0.25) is 0 Å². The lowest BCUT2D eigenvalue weighted by Crippen LogP contribution is -2.11. The van der Waals surface area contributed by atoms with E-state index in [-0.39, 0.29) is 5.91 Å². The average molecular weight is 201 g/mol. The van der Waals surface area contributed by atoms with Crippen molar-refractivity contribution >= 4 is 11.6 Å². The van der Waals surface area contributed by atoms with Crippen LogP contribution in [0.3, 0.4) is 0 Å². The summed E-state index contributed by atoms with van der Waals surface area (Å²) in [5.74, 6) is -0.125. The second kappa shape index (κ2) is 3.96. The summed E-state index contributed by atoms with van der Waals surface area (Å²) in [5, 5.41) is 9.36. The van der Waals surface area contributed by atoms with E-state index in [1.807, 2.05) is 25.1 Å². The van der Waals surface area contributed by atoms with E-state index in [4.69, 9.17) is 0 Å². The van der Waals surface area contributed by atoms with E-state index in [1.54, 1.807) is 18.3 Å². The van der Waals surface area contributed by atoms with E-state index < -0.39 is 0 Å². The van der Waals surface area contributed by atoms with Crippen LogP contribution in [0.5, 0.6) is 0 Å². The summed E-state index contributed by atoms with van der Waals surface area (Å²) in [5.41, 5.74) is 2.20. The molecule has 0 aliphatic rings. The summed E-state index contributed by atoms with van der Waals surface area (Å²) in [4.78, 5) is 11.7. The zero-order valence-electron chi connectivity index (χ0n) is 8.32. The lowest BCUT2D eigenvalue weighted by Gasteiger charge is -2.02. The third-order valence-electron chi connectivity index (χ3n) is 2.11. The molecule has 2 N–H and O–H groups in total. The highest BCUT2D eigenvalue weighted by Crippen LogP contribution is 2.11. The second-order valence-electron chi connectivity index (χ2n) is 3.23. The minimum atomic E-state index is -0.125. The van der Waals surface area contributed by atoms with E-state index in [0.29, 0.717) is 11.3 Å². The van der Waals surface area contributed by atoms with Gasteiger partial charge in [-0.1, -0.05) is 18.2 Å². The van der Waals surface area contributed by atoms with Crippen molar-refractivity contribution in [3.8, 4) is 0 Å². The number of aryl methyl sites for hydroxylation is 1. The van der Waals surface area contributed by atoms with Gasteiger partial charge in [0.15, 0.2) is 0 Å². The van der Waals surface area contributed by atoms with Crippen LogP contribution in [0.25, 0.3) is 0 Å². The monoisotopic (exact) mass is 201 g/mol. The zero-order valence-corrected chi connectivity index (χ0v) is 8.32. The standard InChI is InChI=1S/C11H11N3O/c1-8-10(7-12-14-8)13-11(15)9-5-3-2-4-6-9/h2-7H,1H3,(H,12,14)(H,13,15). The van der Waals surface area contributed by atoms with Crippen molar-refractivity contribution < 1.29 is 4.79 Å². The number of nitrogens with zero attached hydrogens (tertiary/aromatic N) is 1. The third-order valence-corrected chi connectivity index (χ3v) is 2.11. The van der Waals surface area contributed by atoms with Crippen LogP contribution in [-0.4, -0.2) is 16.1 Å². The SMILES string of the molecule is Cc1[nH]ncc1NC(=O)c1ccccc1. The highest BCUT2D eigenvalue weighted by Gasteiger charge is 2.07. The molecule has 0 saturated carbocycles. The molecule has 0 aliphatic heterocycles. The smallest absolute Gasteiger partial charge is 0.255 e. The summed E-state index contributed by atoms with van der Waals surface area (Å²) >= 11 is 0. The Balaban J connectivity index is 2.15. The number of aromatic amines is 1. The maximum atomic E-state index is 11.7. The number of anilines is 1. The Morgan fingerprint density at radius 1 is 1.33 bits per heavy atom. The van der Waals surface area contributed by atoms with Gasteiger partial charge >= 0.3 is 0 Å². The predicted octanol–water partition coefficient (Wildman–Crippen LogP) is 1.97. The molecule has 1 aromatic heterocycles. The van der Waals surface area contributed by atoms with Crippen molar-refractivity contribution in [3.05, 3.63) is 47.8 Å². The summed E-state index contributed by atoms with van der Waals surface area (Å²) in [7, 11) is 0. The number of rotatable bonds is 2. The molecule has 0 bridgehead atoms. The van der Waals surface area contributed by atoms with Crippen LogP contribution in [-0.2, 0) is 0 Å². The van der Waals surface area contributed by atoms with Crippen molar-refractivity contribution in [2.45, 2.75) is 6.92 Å². The van der Waals surface area contributed by atoms with Gasteiger partial charge in [-0.15, -0.1) is 0 Å². The summed E-state index contributed by atoms with van der Waals surface area (Å²) in [6.45, 7) is 1.85. The molecule has 0 fully saturated rings. The molecule has 2 aromatic rings. The van der Waals surface area contributed by atoms with Gasteiger partial charge < -0.3 is 5.32 Å². The number of amides is 1. The molecule has 0 atom stereocenters. The molecule has 76 valence electrons. The van der Waals surface area contributed by atoms with Crippen molar-refractivity contribution in [2.75, 3.05) is 5.32 Å². The first-order valence-corrected chi connectivity index (χ1v) is 4.64. The summed E-state index contributed by atoms with van der Waals surface area (Å²) < 4.78 is 0. The molecule has 0 unspecified atom stereocenters. The number of nitrogens with one attached hydrogen (secondary N) is 2. The number of benzene rings is 1. The van der Waals surface area contributed by atoms with Gasteiger partial charge in [0.05, 0.1) is 17.6 Å². The maximum absolute atomic E-state index is 11.7. The first kappa shape index (κ1) is 9.45. The first-order valence-electron chi connectivity index (χ1n) is 4.64. The van der Waals surface area contributed by atoms with E-state index in [2.05, 4.69) is 15.5 Å². The number of hydrogen-bond acceptors (Lipinski definition) is 2. The lowest BCUT2D eigenvalue weighted by atomic mass is 10.2. The topological polar surface area (TPSA) is 57.8 Å². The average Bonchev–Trinajstić information content (AvgIpc) is 2.66. The zero-order chi connectivity index (χ0) is 10.7. The minimum Gasteiger partial charge on any atom is -0.319 e. The van der Waals surface area contributed by atoms with E-state index in [9.17, 15) is 4.79 Å². The van der Waals surface area contributed by atoms with Crippen LogP contribution in [0.15, 0.2) is 36.5 Å². The van der Waals surface area contributed by atoms with Gasteiger partial charge in [0, 0.05) is 5.56 Å². The third kappa shape index (κ3) is 2.04. The number of carbonyl (C=O) groups is 1. The quantitative estimate of drug-likeness (QED) is 0.780. The molecule has 0 aliphatic carbocycles. The second-order valence-corrected chi connectivity index (χ2v) is 3.23. The summed E-state index contributed by atoms with van der Waals surface area (Å²) in [6, 6.07) is 9.07. The van der Waals surface area contributed by atoms with Gasteiger partial charge in [0.1, 0.15) is 0 Å². The molecule has 4 nitrogen and oxygen atoms in total. The van der Waals surface area contributed by atoms with Crippen molar-refractivity contribution in [1.29, 1.82) is 0 Å². The number of carbonyl (C=O) groups excluding carboxylic acids is 1. The molecule has 2 rings (SSSR count). The molecule has 0 spiro atoms. The van der Waals surface area contributed by atoms with Gasteiger partial charge in [-0.3, -0.25) is 9.89 Å². The lowest BCUT2D eigenvalue weighted by molar-refractivity contribution is 0.102. The maximum Gasteiger partial charge on any atom is 0.255 e. The van der Waals surface area contributed by atoms with E-state index >= 15 is 0 Å². The molecule has 0 saturated heterocycles. The number of aromatic nitrogens is 2. The van der Waals surface area contributed by atoms with Crippen LogP contribution in [0, 0.1) is 6.92 Å². The van der Waals surface area contributed by atoms with Crippen LogP contribution in [0.4, 0.5) is 5.69 Å². The van der Waals surface area contributed by atoms with Gasteiger partial charge in [-0.2, -0.15) is 5.10 Å². The molecule has 1 aromatic carbocycles. The van der Waals surface area contributed by atoms with Crippen LogP contribution in [0.2, 0.25) is 0 Å². The summed E-state index contributed by atoms with van der Waals surface area (Å²) in [6.07, 6.45) is 1.59. The number of hydrogen-bond donors (Lipinski definition) is 2. The Hall–Kier alpha value is -2.10. The Bertz CT molecular complexity index is 462. The molecule has 0 radical (unpaired) electrons. The molecule has 1 amide bonds. The van der Waals surface area contributed by atoms with Crippen molar-refractivity contribution in [3.63, 3.8) is 0 Å². The molecule has 15 heavy (non-hydrogen) atoms. The van der Waals surface area contributed by atoms with Crippen LogP contribution in [0.1, 0.15) is 16.1 Å². The Kier molecular flexibility index (Phi) is 2.49. The fourth-order valence-electron chi connectivity index (χ4n) is 1.26. The first-order chi connectivity index (χ1) is 7.27. The van der Waals surface area contributed by atoms with Crippen LogP contribution >= 0.6 is 0 Å². The largest absolute Gasteiger partial charge is 0.319 e. The Labute approximate surface area is 87.3 Å². The predicted molar refractivity (Wildman–Crippen MR) is 57.7 cm³/mol. The van der Waals surface area contributed by atoms with Crippen molar-refractivity contribution in [2.24, 2.45) is 0 Å². The normalized spacial score (nSPS) is 9.93. The molecular weight excluding hydrogens is 190 g/mol. The highest BCUT2D eigenvalue weighted by atomic mass is 16.1. The fourth-order valence-corrected chi connectivity index (χ4v) is 1.26. The van der Waals surface area contributed by atoms with Gasteiger partial charge in [0.25, 0.3) is 5.91 Å². The van der Waals surface area contributed by atoms with E-state index in [1.165, 1.54) is 0 Å². The molecule has 4 heteroatoms. The minimum absolute atomic E-state index is 0.125. The van der Waals surface area contributed by atoms with E-state index in [0.717, 1.165) is 5.69 Å².